The highest BCUT2D eigenvalue weighted by Gasteiger charge is 3.28. The highest BCUT2D eigenvalue weighted by Crippen LogP contribution is 3.13. The SMILES string of the molecule is CC(C)(C)S(=O)(=O)[C@@]12[C@H]3O[C@H]4[C@@]5([C@H]6CC[C@@H](C6)[C@]351)[C@]42S(=O)(=O)C(C)(C)C. The third-order valence-corrected chi connectivity index (χ3v) is 16.1. The molecule has 5 nitrogen and oxygen atoms in total. The van der Waals surface area contributed by atoms with E-state index in [1.165, 1.54) is 0 Å². The van der Waals surface area contributed by atoms with Crippen LogP contribution in [0.1, 0.15) is 60.8 Å². The van der Waals surface area contributed by atoms with Crippen molar-refractivity contribution in [1.82, 2.24) is 0 Å². The fraction of sp³-hybridized carbons (Fsp3) is 1.00. The molecule has 2 saturated heterocycles. The molecule has 8 atom stereocenters. The molecule has 0 aromatic heterocycles. The molecule has 2 spiro atoms. The van der Waals surface area contributed by atoms with Gasteiger partial charge in [0.15, 0.2) is 19.7 Å². The Morgan fingerprint density at radius 1 is 0.731 bits per heavy atom. The molecule has 146 valence electrons. The van der Waals surface area contributed by atoms with E-state index < -0.39 is 61.7 Å². The molecule has 7 heteroatoms. The molecule has 2 aliphatic heterocycles. The summed E-state index contributed by atoms with van der Waals surface area (Å²) < 4.78 is 57.6. The first-order valence-corrected chi connectivity index (χ1v) is 12.8. The fourth-order valence-electron chi connectivity index (χ4n) is 9.01. The topological polar surface area (TPSA) is 77.5 Å². The summed E-state index contributed by atoms with van der Waals surface area (Å²) in [6.07, 6.45) is 2.28. The third kappa shape index (κ3) is 0.913. The predicted molar refractivity (Wildman–Crippen MR) is 97.2 cm³/mol. The van der Waals surface area contributed by atoms with Crippen LogP contribution < -0.4 is 0 Å². The molecule has 0 amide bonds. The van der Waals surface area contributed by atoms with Crippen molar-refractivity contribution in [3.05, 3.63) is 0 Å². The van der Waals surface area contributed by atoms with Gasteiger partial charge in [0.05, 0.1) is 21.7 Å². The lowest BCUT2D eigenvalue weighted by Gasteiger charge is -2.52. The third-order valence-electron chi connectivity index (χ3n) is 9.32. The minimum atomic E-state index is -3.68. The summed E-state index contributed by atoms with van der Waals surface area (Å²) in [5.41, 5.74) is -0.809. The molecule has 0 aromatic rings. The van der Waals surface area contributed by atoms with Crippen molar-refractivity contribution in [1.29, 1.82) is 0 Å². The average Bonchev–Trinajstić information content (AvgIpc) is 2.93. The Kier molecular flexibility index (Phi) is 2.24. The normalized spacial score (nSPS) is 58.2. The van der Waals surface area contributed by atoms with Gasteiger partial charge in [-0.25, -0.2) is 16.8 Å². The van der Waals surface area contributed by atoms with Crippen LogP contribution in [0.4, 0.5) is 0 Å². The largest absolute Gasteiger partial charge is 0.370 e. The molecule has 0 N–H and O–H groups in total. The highest BCUT2D eigenvalue weighted by molar-refractivity contribution is 7.99. The molecule has 0 aromatic carbocycles. The second kappa shape index (κ2) is 3.47. The molecule has 0 unspecified atom stereocenters. The lowest BCUT2D eigenvalue weighted by atomic mass is 9.63. The Labute approximate surface area is 156 Å². The van der Waals surface area contributed by atoms with E-state index in [-0.39, 0.29) is 0 Å². The summed E-state index contributed by atoms with van der Waals surface area (Å²) in [6.45, 7) is 10.3. The molecule has 0 radical (unpaired) electrons. The maximum atomic E-state index is 13.9. The van der Waals surface area contributed by atoms with Crippen LogP contribution in [0.2, 0.25) is 0 Å². The number of ether oxygens (including phenoxy) is 1. The van der Waals surface area contributed by atoms with Gasteiger partial charge in [-0.05, 0) is 72.6 Å². The maximum absolute atomic E-state index is 13.9. The van der Waals surface area contributed by atoms with Crippen LogP contribution in [-0.4, -0.2) is 48.0 Å². The van der Waals surface area contributed by atoms with Gasteiger partial charge >= 0.3 is 0 Å². The number of rotatable bonds is 2. The van der Waals surface area contributed by atoms with Gasteiger partial charge in [0.2, 0.25) is 0 Å². The molecule has 7 aliphatic rings. The predicted octanol–water partition coefficient (Wildman–Crippen LogP) is 2.10. The van der Waals surface area contributed by atoms with E-state index >= 15 is 0 Å². The van der Waals surface area contributed by atoms with Crippen LogP contribution in [0.25, 0.3) is 0 Å². The van der Waals surface area contributed by atoms with Gasteiger partial charge in [0.1, 0.15) is 9.49 Å². The van der Waals surface area contributed by atoms with Crippen molar-refractivity contribution in [2.75, 3.05) is 0 Å². The zero-order valence-corrected chi connectivity index (χ0v) is 17.9. The van der Waals surface area contributed by atoms with E-state index in [0.29, 0.717) is 11.8 Å². The molecule has 7 rings (SSSR count). The summed E-state index contributed by atoms with van der Waals surface area (Å²) in [7, 11) is -7.35. The first kappa shape index (κ1) is 16.8. The smallest absolute Gasteiger partial charge is 0.165 e. The van der Waals surface area contributed by atoms with Crippen LogP contribution >= 0.6 is 0 Å². The van der Waals surface area contributed by atoms with Gasteiger partial charge in [-0.15, -0.1) is 0 Å². The van der Waals surface area contributed by atoms with Crippen LogP contribution in [0.3, 0.4) is 0 Å². The minimum absolute atomic E-state index is 0.324. The minimum Gasteiger partial charge on any atom is -0.370 e. The van der Waals surface area contributed by atoms with Crippen molar-refractivity contribution in [2.45, 2.75) is 92.0 Å². The zero-order chi connectivity index (χ0) is 19.1. The van der Waals surface area contributed by atoms with Crippen LogP contribution in [-0.2, 0) is 24.4 Å². The van der Waals surface area contributed by atoms with Gasteiger partial charge in [0.25, 0.3) is 0 Å². The quantitative estimate of drug-likeness (QED) is 0.709. The average molecular weight is 401 g/mol. The lowest BCUT2D eigenvalue weighted by Crippen LogP contribution is -2.69. The first-order chi connectivity index (χ1) is 11.7. The second-order valence-corrected chi connectivity index (χ2v) is 17.3. The van der Waals surface area contributed by atoms with E-state index in [1.54, 1.807) is 41.5 Å². The second-order valence-electron chi connectivity index (χ2n) is 11.5. The monoisotopic (exact) mass is 400 g/mol. The Morgan fingerprint density at radius 3 is 1.38 bits per heavy atom. The van der Waals surface area contributed by atoms with Crippen molar-refractivity contribution in [3.63, 3.8) is 0 Å². The van der Waals surface area contributed by atoms with Crippen molar-refractivity contribution < 1.29 is 21.6 Å². The summed E-state index contributed by atoms with van der Waals surface area (Å²) in [5.74, 6) is 0.649. The van der Waals surface area contributed by atoms with E-state index in [2.05, 4.69) is 0 Å². The Morgan fingerprint density at radius 2 is 1.08 bits per heavy atom. The lowest BCUT2D eigenvalue weighted by molar-refractivity contribution is 0.0868. The fourth-order valence-corrected chi connectivity index (χ4v) is 15.7. The van der Waals surface area contributed by atoms with E-state index in [9.17, 15) is 16.8 Å². The molecule has 2 heterocycles. The van der Waals surface area contributed by atoms with Crippen molar-refractivity contribution >= 4 is 19.7 Å². The molecule has 5 saturated carbocycles. The molecular formula is C19H28O5S2. The number of sulfone groups is 2. The number of fused-ring (bicyclic) bond motifs is 2. The van der Waals surface area contributed by atoms with Gasteiger partial charge in [-0.2, -0.15) is 0 Å². The molecule has 4 bridgehead atoms. The molecule has 7 fully saturated rings. The van der Waals surface area contributed by atoms with Gasteiger partial charge in [-0.1, -0.05) is 0 Å². The number of hydrogen-bond acceptors (Lipinski definition) is 5. The van der Waals surface area contributed by atoms with E-state index in [0.717, 1.165) is 19.3 Å². The van der Waals surface area contributed by atoms with Gasteiger partial charge < -0.3 is 4.74 Å². The van der Waals surface area contributed by atoms with Crippen LogP contribution in [0.5, 0.6) is 0 Å². The molecule has 5 aliphatic carbocycles. The van der Waals surface area contributed by atoms with Gasteiger partial charge in [-0.3, -0.25) is 0 Å². The Hall–Kier alpha value is -0.140. The summed E-state index contributed by atoms with van der Waals surface area (Å²) in [5, 5.41) is 0. The Balaban J connectivity index is 1.70. The van der Waals surface area contributed by atoms with Crippen LogP contribution in [0, 0.1) is 22.7 Å². The number of hydrogen-bond donors (Lipinski definition) is 0. The van der Waals surface area contributed by atoms with Crippen molar-refractivity contribution in [3.8, 4) is 0 Å². The summed E-state index contributed by atoms with van der Waals surface area (Å²) in [6, 6.07) is 0. The summed E-state index contributed by atoms with van der Waals surface area (Å²) in [4.78, 5) is 0. The molecular weight excluding hydrogens is 372 g/mol. The van der Waals surface area contributed by atoms with E-state index in [1.807, 2.05) is 0 Å². The maximum Gasteiger partial charge on any atom is 0.165 e. The van der Waals surface area contributed by atoms with Crippen molar-refractivity contribution in [2.24, 2.45) is 22.7 Å². The summed E-state index contributed by atoms with van der Waals surface area (Å²) >= 11 is 0. The standard InChI is InChI=1S/C19H28O5S2/c1-14(2,3)25(20,21)18-12-16(18)10-7-8-11(9-10)17(16)13(24-12)19(17,18)26(22,23)15(4,5)6/h10-13H,7-9H2,1-6H3/t10-,11-,12-,13-,16-,17+,18-,19+/m0/s1. The van der Waals surface area contributed by atoms with Crippen LogP contribution in [0.15, 0.2) is 0 Å². The Bertz CT molecular complexity index is 920. The van der Waals surface area contributed by atoms with Gasteiger partial charge in [0, 0.05) is 10.8 Å². The highest BCUT2D eigenvalue weighted by atomic mass is 32.2. The first-order valence-electron chi connectivity index (χ1n) is 9.82. The molecule has 26 heavy (non-hydrogen) atoms. The van der Waals surface area contributed by atoms with E-state index in [4.69, 9.17) is 4.74 Å². The zero-order valence-electron chi connectivity index (χ0n) is 16.3.